The zero-order valence-electron chi connectivity index (χ0n) is 14.1. The standard InChI is InChI=1S/C15H22N4O5S.ClH/c16-10-11-4-3-5-12(11)15(20)17-8-9-18-25(23,24)14-7-2-1-6-13(14)19(21)22;/h1-2,6-7,11-12,18H,3-5,8-10,16H2,(H,17,20);1H/t11-,12-;/m1./s1. The number of benzene rings is 1. The van der Waals surface area contributed by atoms with Crippen LogP contribution in [0.1, 0.15) is 19.3 Å². The van der Waals surface area contributed by atoms with Gasteiger partial charge in [-0.1, -0.05) is 18.6 Å². The van der Waals surface area contributed by atoms with Gasteiger partial charge in [-0.2, -0.15) is 0 Å². The molecule has 1 amide bonds. The molecule has 2 atom stereocenters. The summed E-state index contributed by atoms with van der Waals surface area (Å²) < 4.78 is 26.7. The summed E-state index contributed by atoms with van der Waals surface area (Å²) in [6.45, 7) is 0.509. The van der Waals surface area contributed by atoms with Gasteiger partial charge in [-0.3, -0.25) is 14.9 Å². The van der Waals surface area contributed by atoms with E-state index >= 15 is 0 Å². The van der Waals surface area contributed by atoms with Crippen LogP contribution in [0.3, 0.4) is 0 Å². The lowest BCUT2D eigenvalue weighted by Gasteiger charge is -2.17. The van der Waals surface area contributed by atoms with Crippen molar-refractivity contribution in [3.05, 3.63) is 34.4 Å². The average Bonchev–Trinajstić information content (AvgIpc) is 3.07. The number of hydrogen-bond donors (Lipinski definition) is 3. The fourth-order valence-corrected chi connectivity index (χ4v) is 4.28. The summed E-state index contributed by atoms with van der Waals surface area (Å²) in [6.07, 6.45) is 2.68. The highest BCUT2D eigenvalue weighted by atomic mass is 35.5. The molecule has 1 aliphatic rings. The smallest absolute Gasteiger partial charge is 0.289 e. The number of nitro benzene ring substituents is 1. The largest absolute Gasteiger partial charge is 0.355 e. The highest BCUT2D eigenvalue weighted by Gasteiger charge is 2.31. The minimum Gasteiger partial charge on any atom is -0.355 e. The van der Waals surface area contributed by atoms with E-state index in [1.54, 1.807) is 0 Å². The zero-order chi connectivity index (χ0) is 18.4. The van der Waals surface area contributed by atoms with Crippen molar-refractivity contribution in [2.45, 2.75) is 24.2 Å². The molecule has 1 saturated carbocycles. The number of carbonyl (C=O) groups is 1. The van der Waals surface area contributed by atoms with Crippen LogP contribution in [-0.2, 0) is 14.8 Å². The number of rotatable bonds is 8. The number of nitrogens with one attached hydrogen (secondary N) is 2. The van der Waals surface area contributed by atoms with Crippen LogP contribution in [0.2, 0.25) is 0 Å². The van der Waals surface area contributed by atoms with Gasteiger partial charge in [-0.15, -0.1) is 12.4 Å². The first-order valence-electron chi connectivity index (χ1n) is 8.07. The Morgan fingerprint density at radius 1 is 1.27 bits per heavy atom. The first-order chi connectivity index (χ1) is 11.9. The fourth-order valence-electron chi connectivity index (χ4n) is 3.08. The third-order valence-corrected chi connectivity index (χ3v) is 5.87. The minimum absolute atomic E-state index is 0. The minimum atomic E-state index is -4.03. The molecular formula is C15H23ClN4O5S. The molecule has 9 nitrogen and oxygen atoms in total. The molecular weight excluding hydrogens is 384 g/mol. The Morgan fingerprint density at radius 3 is 2.62 bits per heavy atom. The Labute approximate surface area is 158 Å². The van der Waals surface area contributed by atoms with E-state index in [2.05, 4.69) is 10.0 Å². The van der Waals surface area contributed by atoms with E-state index in [4.69, 9.17) is 5.73 Å². The summed E-state index contributed by atoms with van der Waals surface area (Å²) >= 11 is 0. The number of halogens is 1. The molecule has 4 N–H and O–H groups in total. The van der Waals surface area contributed by atoms with Crippen molar-refractivity contribution in [3.63, 3.8) is 0 Å². The van der Waals surface area contributed by atoms with Gasteiger partial charge in [0.1, 0.15) is 0 Å². The highest BCUT2D eigenvalue weighted by Crippen LogP contribution is 2.30. The molecule has 0 heterocycles. The number of carbonyl (C=O) groups excluding carboxylic acids is 1. The summed E-state index contributed by atoms with van der Waals surface area (Å²) in [4.78, 5) is 21.9. The second-order valence-electron chi connectivity index (χ2n) is 5.95. The van der Waals surface area contributed by atoms with Crippen LogP contribution in [0.15, 0.2) is 29.2 Å². The average molecular weight is 407 g/mol. The van der Waals surface area contributed by atoms with Gasteiger partial charge in [0.05, 0.1) is 4.92 Å². The van der Waals surface area contributed by atoms with E-state index in [-0.39, 0.29) is 43.2 Å². The molecule has 0 bridgehead atoms. The first-order valence-corrected chi connectivity index (χ1v) is 9.56. The van der Waals surface area contributed by atoms with E-state index < -0.39 is 25.5 Å². The maximum atomic E-state index is 12.2. The molecule has 2 rings (SSSR count). The van der Waals surface area contributed by atoms with E-state index in [9.17, 15) is 23.3 Å². The number of nitrogens with zero attached hydrogens (tertiary/aromatic N) is 1. The SMILES string of the molecule is Cl.NC[C@H]1CCC[C@H]1C(=O)NCCNS(=O)(=O)c1ccccc1[N+](=O)[O-]. The summed E-state index contributed by atoms with van der Waals surface area (Å²) in [5, 5.41) is 13.6. The monoisotopic (exact) mass is 406 g/mol. The van der Waals surface area contributed by atoms with E-state index in [0.29, 0.717) is 6.54 Å². The molecule has 0 aromatic heterocycles. The van der Waals surface area contributed by atoms with Crippen molar-refractivity contribution in [2.24, 2.45) is 17.6 Å². The predicted octanol–water partition coefficient (Wildman–Crippen LogP) is 0.786. The molecule has 0 spiro atoms. The molecule has 0 aliphatic heterocycles. The second kappa shape index (κ2) is 9.81. The number of hydrogen-bond acceptors (Lipinski definition) is 6. The highest BCUT2D eigenvalue weighted by molar-refractivity contribution is 7.89. The van der Waals surface area contributed by atoms with Crippen LogP contribution in [0.25, 0.3) is 0 Å². The third-order valence-electron chi connectivity index (χ3n) is 4.37. The van der Waals surface area contributed by atoms with E-state index in [1.807, 2.05) is 0 Å². The van der Waals surface area contributed by atoms with Gasteiger partial charge in [0, 0.05) is 25.1 Å². The quantitative estimate of drug-likeness (QED) is 0.330. The number of para-hydroxylation sites is 1. The van der Waals surface area contributed by atoms with Crippen molar-refractivity contribution in [1.29, 1.82) is 0 Å². The Morgan fingerprint density at radius 2 is 1.96 bits per heavy atom. The molecule has 1 fully saturated rings. The Hall–Kier alpha value is -1.75. The maximum Gasteiger partial charge on any atom is 0.289 e. The van der Waals surface area contributed by atoms with Crippen LogP contribution in [0.5, 0.6) is 0 Å². The molecule has 26 heavy (non-hydrogen) atoms. The molecule has 0 unspecified atom stereocenters. The molecule has 146 valence electrons. The van der Waals surface area contributed by atoms with Gasteiger partial charge in [-0.05, 0) is 31.4 Å². The molecule has 1 aromatic carbocycles. The van der Waals surface area contributed by atoms with Gasteiger partial charge in [-0.25, -0.2) is 13.1 Å². The van der Waals surface area contributed by atoms with Crippen molar-refractivity contribution in [2.75, 3.05) is 19.6 Å². The number of sulfonamides is 1. The Balaban J connectivity index is 0.00000338. The van der Waals surface area contributed by atoms with E-state index in [1.165, 1.54) is 18.2 Å². The number of nitro groups is 1. The molecule has 11 heteroatoms. The summed E-state index contributed by atoms with van der Waals surface area (Å²) in [5.74, 6) is -0.0849. The number of amides is 1. The molecule has 0 radical (unpaired) electrons. The second-order valence-corrected chi connectivity index (χ2v) is 7.68. The summed E-state index contributed by atoms with van der Waals surface area (Å²) in [6, 6.07) is 5.11. The Kier molecular flexibility index (Phi) is 8.41. The lowest BCUT2D eigenvalue weighted by atomic mass is 9.95. The van der Waals surface area contributed by atoms with Gasteiger partial charge in [0.2, 0.25) is 15.9 Å². The lowest BCUT2D eigenvalue weighted by molar-refractivity contribution is -0.387. The number of nitrogens with two attached hydrogens (primary N) is 1. The maximum absolute atomic E-state index is 12.2. The van der Waals surface area contributed by atoms with Crippen molar-refractivity contribution in [1.82, 2.24) is 10.0 Å². The zero-order valence-corrected chi connectivity index (χ0v) is 15.7. The van der Waals surface area contributed by atoms with Crippen molar-refractivity contribution in [3.8, 4) is 0 Å². The predicted molar refractivity (Wildman–Crippen MR) is 98.4 cm³/mol. The van der Waals surface area contributed by atoms with Gasteiger partial charge < -0.3 is 11.1 Å². The first kappa shape index (κ1) is 22.3. The van der Waals surface area contributed by atoms with Crippen LogP contribution < -0.4 is 15.8 Å². The van der Waals surface area contributed by atoms with Crippen molar-refractivity contribution >= 4 is 34.0 Å². The van der Waals surface area contributed by atoms with Crippen LogP contribution in [0.4, 0.5) is 5.69 Å². The fraction of sp³-hybridized carbons (Fsp3) is 0.533. The topological polar surface area (TPSA) is 144 Å². The molecule has 1 aliphatic carbocycles. The Bertz CT molecular complexity index is 743. The van der Waals surface area contributed by atoms with Crippen LogP contribution in [-0.4, -0.2) is 38.9 Å². The van der Waals surface area contributed by atoms with E-state index in [0.717, 1.165) is 25.3 Å². The van der Waals surface area contributed by atoms with Crippen molar-refractivity contribution < 1.29 is 18.1 Å². The van der Waals surface area contributed by atoms with Gasteiger partial charge in [0.25, 0.3) is 5.69 Å². The van der Waals surface area contributed by atoms with Gasteiger partial charge in [0.15, 0.2) is 4.90 Å². The van der Waals surface area contributed by atoms with Crippen LogP contribution in [0, 0.1) is 22.0 Å². The van der Waals surface area contributed by atoms with Gasteiger partial charge >= 0.3 is 0 Å². The molecule has 1 aromatic rings. The third kappa shape index (κ3) is 5.37. The molecule has 0 saturated heterocycles. The normalized spacial score (nSPS) is 19.6. The lowest BCUT2D eigenvalue weighted by Crippen LogP contribution is -2.39. The van der Waals surface area contributed by atoms with Crippen LogP contribution >= 0.6 is 12.4 Å². The summed E-state index contributed by atoms with van der Waals surface area (Å²) in [5.41, 5.74) is 5.16. The summed E-state index contributed by atoms with van der Waals surface area (Å²) in [7, 11) is -4.03.